The molecule has 0 spiro atoms. The van der Waals surface area contributed by atoms with Crippen molar-refractivity contribution >= 4 is 32.8 Å². The minimum atomic E-state index is -3.52. The van der Waals surface area contributed by atoms with E-state index >= 15 is 0 Å². The number of rotatable bonds is 8. The summed E-state index contributed by atoms with van der Waals surface area (Å²) < 4.78 is 36.5. The fourth-order valence-corrected chi connectivity index (χ4v) is 7.66. The molecule has 2 aliphatic rings. The summed E-state index contributed by atoms with van der Waals surface area (Å²) in [6, 6.07) is 14.2. The van der Waals surface area contributed by atoms with Crippen LogP contribution >= 0.6 is 11.8 Å². The van der Waals surface area contributed by atoms with Crippen LogP contribution < -0.4 is 0 Å². The van der Waals surface area contributed by atoms with Gasteiger partial charge in [-0.1, -0.05) is 49.9 Å². The molecule has 2 aromatic carbocycles. The fourth-order valence-electron chi connectivity index (χ4n) is 5.06. The van der Waals surface area contributed by atoms with Gasteiger partial charge in [-0.15, -0.1) is 0 Å². The number of imidazole rings is 1. The number of aromatic nitrogens is 2. The molecule has 2 aliphatic heterocycles. The predicted octanol–water partition coefficient (Wildman–Crippen LogP) is 5.49. The molecule has 0 saturated carbocycles. The first-order valence-corrected chi connectivity index (χ1v) is 15.2. The normalized spacial score (nSPS) is 21.7. The lowest BCUT2D eigenvalue weighted by Crippen LogP contribution is -2.39. The van der Waals surface area contributed by atoms with Gasteiger partial charge in [0.15, 0.2) is 5.16 Å². The highest BCUT2D eigenvalue weighted by molar-refractivity contribution is 7.98. The molecule has 188 valence electrons. The number of nitrogens with zero attached hydrogens (tertiary/aromatic N) is 3. The fraction of sp³-hybridized carbons (Fsp3) is 0.519. The number of aryl methyl sites for hydroxylation is 1. The number of benzene rings is 2. The Kier molecular flexibility index (Phi) is 7.53. The third-order valence-corrected chi connectivity index (χ3v) is 10.1. The van der Waals surface area contributed by atoms with E-state index in [4.69, 9.17) is 9.72 Å². The first-order valence-electron chi connectivity index (χ1n) is 12.8. The van der Waals surface area contributed by atoms with Crippen LogP contribution in [-0.4, -0.2) is 48.1 Å². The molecular weight excluding hydrogens is 478 g/mol. The van der Waals surface area contributed by atoms with E-state index in [0.29, 0.717) is 23.9 Å². The number of ether oxygens (including phenoxy) is 1. The number of hydrogen-bond acceptors (Lipinski definition) is 5. The Morgan fingerprint density at radius 2 is 1.89 bits per heavy atom. The highest BCUT2D eigenvalue weighted by Crippen LogP contribution is 2.31. The maximum atomic E-state index is 13.4. The molecule has 0 N–H and O–H groups in total. The summed E-state index contributed by atoms with van der Waals surface area (Å²) in [5.41, 5.74) is 4.29. The van der Waals surface area contributed by atoms with Gasteiger partial charge in [-0.3, -0.25) is 0 Å². The van der Waals surface area contributed by atoms with Gasteiger partial charge in [0.05, 0.1) is 28.6 Å². The third kappa shape index (κ3) is 5.45. The summed E-state index contributed by atoms with van der Waals surface area (Å²) in [5, 5.41) is 0.913. The van der Waals surface area contributed by atoms with E-state index in [9.17, 15) is 8.42 Å². The minimum Gasteiger partial charge on any atom is -0.376 e. The van der Waals surface area contributed by atoms with Gasteiger partial charge in [0.25, 0.3) is 0 Å². The summed E-state index contributed by atoms with van der Waals surface area (Å²) in [7, 11) is -3.52. The number of sulfonamides is 1. The summed E-state index contributed by atoms with van der Waals surface area (Å²) in [6.45, 7) is 7.01. The Morgan fingerprint density at radius 3 is 2.60 bits per heavy atom. The van der Waals surface area contributed by atoms with Crippen molar-refractivity contribution in [2.75, 3.05) is 19.7 Å². The number of fused-ring (bicyclic) bond motifs is 1. The molecule has 0 amide bonds. The maximum Gasteiger partial charge on any atom is 0.243 e. The highest BCUT2D eigenvalue weighted by Gasteiger charge is 2.29. The monoisotopic (exact) mass is 513 g/mol. The van der Waals surface area contributed by atoms with Crippen LogP contribution in [0.1, 0.15) is 50.7 Å². The highest BCUT2D eigenvalue weighted by atomic mass is 32.2. The molecule has 3 heterocycles. The quantitative estimate of drug-likeness (QED) is 0.373. The van der Waals surface area contributed by atoms with Crippen LogP contribution in [-0.2, 0) is 33.5 Å². The van der Waals surface area contributed by atoms with Gasteiger partial charge in [0.2, 0.25) is 10.0 Å². The second kappa shape index (κ2) is 10.6. The third-order valence-electron chi connectivity index (χ3n) is 7.15. The summed E-state index contributed by atoms with van der Waals surface area (Å²) in [5.74, 6) is 1.21. The van der Waals surface area contributed by atoms with Crippen LogP contribution in [0.15, 0.2) is 52.5 Å². The molecule has 2 atom stereocenters. The van der Waals surface area contributed by atoms with Crippen molar-refractivity contribution in [3.05, 3.63) is 53.6 Å². The molecule has 0 aliphatic carbocycles. The molecular formula is C27H35N3O3S2. The smallest absolute Gasteiger partial charge is 0.243 e. The van der Waals surface area contributed by atoms with Crippen molar-refractivity contribution in [2.24, 2.45) is 5.92 Å². The molecule has 5 rings (SSSR count). The van der Waals surface area contributed by atoms with E-state index < -0.39 is 10.0 Å². The van der Waals surface area contributed by atoms with Crippen LogP contribution in [0.4, 0.5) is 0 Å². The van der Waals surface area contributed by atoms with E-state index in [0.717, 1.165) is 67.2 Å². The first kappa shape index (κ1) is 24.8. The van der Waals surface area contributed by atoms with Gasteiger partial charge >= 0.3 is 0 Å². The average Bonchev–Trinajstić information content (AvgIpc) is 3.51. The van der Waals surface area contributed by atoms with Crippen molar-refractivity contribution in [3.8, 4) is 0 Å². The molecule has 0 bridgehead atoms. The van der Waals surface area contributed by atoms with Gasteiger partial charge in [0, 0.05) is 25.4 Å². The molecule has 8 heteroatoms. The van der Waals surface area contributed by atoms with E-state index in [1.807, 2.05) is 6.07 Å². The summed E-state index contributed by atoms with van der Waals surface area (Å²) in [4.78, 5) is 5.27. The van der Waals surface area contributed by atoms with Crippen molar-refractivity contribution in [1.29, 1.82) is 0 Å². The number of thioether (sulfide) groups is 1. The topological polar surface area (TPSA) is 64.4 Å². The van der Waals surface area contributed by atoms with Gasteiger partial charge in [-0.25, -0.2) is 13.4 Å². The Bertz CT molecular complexity index is 1260. The first-order chi connectivity index (χ1) is 16.9. The Labute approximate surface area is 213 Å². The molecule has 0 unspecified atom stereocenters. The zero-order valence-corrected chi connectivity index (χ0v) is 22.3. The van der Waals surface area contributed by atoms with Gasteiger partial charge in [0.1, 0.15) is 0 Å². The molecule has 0 radical (unpaired) electrons. The molecule has 1 aromatic heterocycles. The van der Waals surface area contributed by atoms with Crippen molar-refractivity contribution in [1.82, 2.24) is 13.9 Å². The number of hydrogen-bond donors (Lipinski definition) is 0. The Hall–Kier alpha value is -1.87. The second-order valence-electron chi connectivity index (χ2n) is 9.86. The number of piperidine rings is 1. The van der Waals surface area contributed by atoms with Crippen molar-refractivity contribution < 1.29 is 13.2 Å². The minimum absolute atomic E-state index is 0.175. The van der Waals surface area contributed by atoms with Crippen LogP contribution in [0.3, 0.4) is 0 Å². The molecule has 35 heavy (non-hydrogen) atoms. The molecule has 3 aromatic rings. The van der Waals surface area contributed by atoms with E-state index in [2.05, 4.69) is 42.7 Å². The molecule has 6 nitrogen and oxygen atoms in total. The largest absolute Gasteiger partial charge is 0.376 e. The lowest BCUT2D eigenvalue weighted by atomic mass is 10.0. The Morgan fingerprint density at radius 1 is 1.09 bits per heavy atom. The second-order valence-corrected chi connectivity index (χ2v) is 12.7. The molecule has 2 saturated heterocycles. The van der Waals surface area contributed by atoms with Crippen LogP contribution in [0.5, 0.6) is 0 Å². The summed E-state index contributed by atoms with van der Waals surface area (Å²) in [6.07, 6.45) is 5.33. The summed E-state index contributed by atoms with van der Waals surface area (Å²) >= 11 is 1.70. The lowest BCUT2D eigenvalue weighted by Gasteiger charge is -2.30. The maximum absolute atomic E-state index is 13.4. The van der Waals surface area contributed by atoms with E-state index in [1.54, 1.807) is 28.2 Å². The van der Waals surface area contributed by atoms with Crippen LogP contribution in [0.25, 0.3) is 11.0 Å². The van der Waals surface area contributed by atoms with Crippen molar-refractivity contribution in [2.45, 2.75) is 74.4 Å². The zero-order chi connectivity index (χ0) is 24.4. The zero-order valence-electron chi connectivity index (χ0n) is 20.7. The predicted molar refractivity (Wildman–Crippen MR) is 141 cm³/mol. The van der Waals surface area contributed by atoms with Crippen molar-refractivity contribution in [3.63, 3.8) is 0 Å². The van der Waals surface area contributed by atoms with Crippen LogP contribution in [0, 0.1) is 5.92 Å². The van der Waals surface area contributed by atoms with Gasteiger partial charge in [-0.2, -0.15) is 4.31 Å². The average molecular weight is 514 g/mol. The van der Waals surface area contributed by atoms with E-state index in [-0.39, 0.29) is 6.10 Å². The van der Waals surface area contributed by atoms with Gasteiger partial charge in [-0.05, 0) is 67.3 Å². The SMILES string of the molecule is CCc1ccc(CSc2nc3cc(S(=O)(=O)N4CCC[C@@H](C)C4)ccc3n2C[C@@H]2CCCO2)cc1. The Balaban J connectivity index is 1.45. The van der Waals surface area contributed by atoms with Gasteiger partial charge < -0.3 is 9.30 Å². The lowest BCUT2D eigenvalue weighted by molar-refractivity contribution is 0.0960. The van der Waals surface area contributed by atoms with Crippen LogP contribution in [0.2, 0.25) is 0 Å². The standard InChI is InChI=1S/C27H35N3O3S2/c1-3-21-8-10-22(11-9-21)19-34-27-28-25-16-24(35(31,32)29-14-4-6-20(2)17-29)12-13-26(25)30(27)18-23-7-5-15-33-23/h8-13,16,20,23H,3-7,14-15,17-19H2,1-2H3/t20-,23+/m1/s1. The molecule has 2 fully saturated rings. The van der Waals surface area contributed by atoms with E-state index in [1.165, 1.54) is 11.1 Å².